The molecule has 3 nitrogen and oxygen atoms in total. The van der Waals surface area contributed by atoms with Gasteiger partial charge in [0.15, 0.2) is 0 Å². The van der Waals surface area contributed by atoms with E-state index in [1.807, 2.05) is 31.1 Å². The average Bonchev–Trinajstić information content (AvgIpc) is 2.39. The van der Waals surface area contributed by atoms with Gasteiger partial charge in [-0.05, 0) is 47.2 Å². The predicted octanol–water partition coefficient (Wildman–Crippen LogP) is 3.47. The van der Waals surface area contributed by atoms with Crippen molar-refractivity contribution in [3.8, 4) is 0 Å². The Hall–Kier alpha value is -1.46. The van der Waals surface area contributed by atoms with Crippen molar-refractivity contribution in [2.75, 3.05) is 19.0 Å². The zero-order valence-electron chi connectivity index (χ0n) is 10.8. The highest BCUT2D eigenvalue weighted by Crippen LogP contribution is 2.27. The zero-order valence-corrected chi connectivity index (χ0v) is 12.4. The lowest BCUT2D eigenvalue weighted by molar-refractivity contribution is 0.628. The summed E-state index contributed by atoms with van der Waals surface area (Å²) < 4.78 is 14.2. The van der Waals surface area contributed by atoms with Crippen LogP contribution in [0.5, 0.6) is 0 Å². The van der Waals surface area contributed by atoms with Gasteiger partial charge in [-0.1, -0.05) is 6.07 Å². The summed E-state index contributed by atoms with van der Waals surface area (Å²) >= 11 is 3.41. The van der Waals surface area contributed by atoms with Crippen LogP contribution in [-0.2, 0) is 6.54 Å². The van der Waals surface area contributed by atoms with E-state index in [0.717, 1.165) is 21.5 Å². The number of anilines is 2. The number of benzene rings is 1. The van der Waals surface area contributed by atoms with Crippen molar-refractivity contribution in [2.24, 2.45) is 0 Å². The molecule has 1 aromatic heterocycles. The van der Waals surface area contributed by atoms with Gasteiger partial charge in [0, 0.05) is 35.5 Å². The fourth-order valence-corrected chi connectivity index (χ4v) is 2.28. The molecule has 0 saturated carbocycles. The number of pyridine rings is 1. The molecule has 0 spiro atoms. The summed E-state index contributed by atoms with van der Waals surface area (Å²) in [5.41, 5.74) is 1.82. The van der Waals surface area contributed by atoms with E-state index in [9.17, 15) is 4.39 Å². The van der Waals surface area contributed by atoms with Gasteiger partial charge in [0.05, 0.1) is 0 Å². The molecule has 0 fully saturated rings. The van der Waals surface area contributed by atoms with Crippen LogP contribution in [0.4, 0.5) is 15.9 Å². The quantitative estimate of drug-likeness (QED) is 0.933. The van der Waals surface area contributed by atoms with Crippen LogP contribution >= 0.6 is 15.9 Å². The normalized spacial score (nSPS) is 10.5. The molecule has 0 aliphatic carbocycles. The van der Waals surface area contributed by atoms with Crippen LogP contribution in [-0.4, -0.2) is 19.1 Å². The lowest BCUT2D eigenvalue weighted by atomic mass is 10.2. The molecule has 0 aliphatic rings. The van der Waals surface area contributed by atoms with Crippen LogP contribution in [0.2, 0.25) is 0 Å². The maximum Gasteiger partial charge on any atom is 0.137 e. The Balaban J connectivity index is 2.40. The van der Waals surface area contributed by atoms with Crippen molar-refractivity contribution in [3.05, 3.63) is 52.4 Å². The highest BCUT2D eigenvalue weighted by Gasteiger charge is 2.11. The fourth-order valence-electron chi connectivity index (χ4n) is 1.90. The zero-order chi connectivity index (χ0) is 13.8. The summed E-state index contributed by atoms with van der Waals surface area (Å²) in [6.07, 6.45) is 1.74. The van der Waals surface area contributed by atoms with E-state index < -0.39 is 0 Å². The number of nitrogens with zero attached hydrogens (tertiary/aromatic N) is 2. The molecule has 0 aliphatic heterocycles. The third-order valence-corrected chi connectivity index (χ3v) is 3.22. The maximum atomic E-state index is 13.3. The van der Waals surface area contributed by atoms with Crippen molar-refractivity contribution >= 4 is 27.4 Å². The SMILES string of the molecule is CNCc1cc(Br)cnc1N(C)c1cccc(F)c1. The minimum absolute atomic E-state index is 0.253. The standard InChI is InChI=1S/C14H15BrFN3/c1-17-8-10-6-11(15)9-18-14(10)19(2)13-5-3-4-12(16)7-13/h3-7,9,17H,8H2,1-2H3. The Morgan fingerprint density at radius 3 is 2.84 bits per heavy atom. The first kappa shape index (κ1) is 14.0. The van der Waals surface area contributed by atoms with Crippen LogP contribution < -0.4 is 10.2 Å². The topological polar surface area (TPSA) is 28.2 Å². The molecule has 0 saturated heterocycles. The second kappa shape index (κ2) is 6.12. The van der Waals surface area contributed by atoms with E-state index in [2.05, 4.69) is 26.2 Å². The lowest BCUT2D eigenvalue weighted by Gasteiger charge is -2.21. The van der Waals surface area contributed by atoms with Crippen LogP contribution in [0.1, 0.15) is 5.56 Å². The van der Waals surface area contributed by atoms with Crippen LogP contribution in [0.15, 0.2) is 41.0 Å². The van der Waals surface area contributed by atoms with Crippen molar-refractivity contribution in [2.45, 2.75) is 6.54 Å². The first-order valence-electron chi connectivity index (χ1n) is 5.90. The molecule has 5 heteroatoms. The van der Waals surface area contributed by atoms with Crippen LogP contribution in [0, 0.1) is 5.82 Å². The van der Waals surface area contributed by atoms with Crippen LogP contribution in [0.25, 0.3) is 0 Å². The van der Waals surface area contributed by atoms with Crippen molar-refractivity contribution in [3.63, 3.8) is 0 Å². The predicted molar refractivity (Wildman–Crippen MR) is 79.2 cm³/mol. The molecule has 0 amide bonds. The molecule has 1 aromatic carbocycles. The molecule has 19 heavy (non-hydrogen) atoms. The maximum absolute atomic E-state index is 13.3. The number of hydrogen-bond donors (Lipinski definition) is 1. The van der Waals surface area contributed by atoms with Crippen molar-refractivity contribution in [1.29, 1.82) is 0 Å². The molecular formula is C14H15BrFN3. The minimum atomic E-state index is -0.253. The second-order valence-corrected chi connectivity index (χ2v) is 5.12. The molecule has 2 aromatic rings. The molecule has 1 N–H and O–H groups in total. The van der Waals surface area contributed by atoms with E-state index in [4.69, 9.17) is 0 Å². The van der Waals surface area contributed by atoms with Gasteiger partial charge < -0.3 is 10.2 Å². The van der Waals surface area contributed by atoms with E-state index >= 15 is 0 Å². The second-order valence-electron chi connectivity index (χ2n) is 4.21. The molecule has 0 atom stereocenters. The van der Waals surface area contributed by atoms with Gasteiger partial charge in [-0.25, -0.2) is 9.37 Å². The molecule has 0 bridgehead atoms. The highest BCUT2D eigenvalue weighted by atomic mass is 79.9. The Labute approximate surface area is 120 Å². The summed E-state index contributed by atoms with van der Waals surface area (Å²) in [6.45, 7) is 0.696. The molecule has 0 radical (unpaired) electrons. The van der Waals surface area contributed by atoms with E-state index in [0.29, 0.717) is 6.54 Å². The number of nitrogens with one attached hydrogen (secondary N) is 1. The first-order chi connectivity index (χ1) is 9.11. The van der Waals surface area contributed by atoms with Gasteiger partial charge in [-0.15, -0.1) is 0 Å². The van der Waals surface area contributed by atoms with Gasteiger partial charge in [0.25, 0.3) is 0 Å². The summed E-state index contributed by atoms with van der Waals surface area (Å²) in [7, 11) is 3.76. The Bertz CT molecular complexity index is 574. The summed E-state index contributed by atoms with van der Waals surface area (Å²) in [5, 5.41) is 3.11. The van der Waals surface area contributed by atoms with Gasteiger partial charge in [0.1, 0.15) is 11.6 Å². The third-order valence-electron chi connectivity index (χ3n) is 2.79. The first-order valence-corrected chi connectivity index (χ1v) is 6.69. The van der Waals surface area contributed by atoms with Crippen LogP contribution in [0.3, 0.4) is 0 Å². The molecule has 0 unspecified atom stereocenters. The Kier molecular flexibility index (Phi) is 4.50. The third kappa shape index (κ3) is 3.30. The number of rotatable bonds is 4. The van der Waals surface area contributed by atoms with Gasteiger partial charge in [0.2, 0.25) is 0 Å². The van der Waals surface area contributed by atoms with E-state index in [-0.39, 0.29) is 5.82 Å². The molecule has 1 heterocycles. The largest absolute Gasteiger partial charge is 0.329 e. The molecule has 100 valence electrons. The summed E-state index contributed by atoms with van der Waals surface area (Å²) in [4.78, 5) is 6.30. The Morgan fingerprint density at radius 1 is 1.37 bits per heavy atom. The minimum Gasteiger partial charge on any atom is -0.329 e. The fraction of sp³-hybridized carbons (Fsp3) is 0.214. The van der Waals surface area contributed by atoms with Gasteiger partial charge >= 0.3 is 0 Å². The monoisotopic (exact) mass is 323 g/mol. The number of hydrogen-bond acceptors (Lipinski definition) is 3. The lowest BCUT2D eigenvalue weighted by Crippen LogP contribution is -2.16. The average molecular weight is 324 g/mol. The van der Waals surface area contributed by atoms with E-state index in [1.54, 1.807) is 12.3 Å². The van der Waals surface area contributed by atoms with Gasteiger partial charge in [-0.3, -0.25) is 0 Å². The van der Waals surface area contributed by atoms with Gasteiger partial charge in [-0.2, -0.15) is 0 Å². The van der Waals surface area contributed by atoms with Crippen molar-refractivity contribution in [1.82, 2.24) is 10.3 Å². The molecular weight excluding hydrogens is 309 g/mol. The number of halogens is 2. The number of aromatic nitrogens is 1. The highest BCUT2D eigenvalue weighted by molar-refractivity contribution is 9.10. The smallest absolute Gasteiger partial charge is 0.137 e. The summed E-state index contributed by atoms with van der Waals surface area (Å²) in [5.74, 6) is 0.555. The van der Waals surface area contributed by atoms with Crippen molar-refractivity contribution < 1.29 is 4.39 Å². The summed E-state index contributed by atoms with van der Waals surface area (Å²) in [6, 6.07) is 8.48. The molecule has 2 rings (SSSR count). The Morgan fingerprint density at radius 2 is 2.16 bits per heavy atom. The van der Waals surface area contributed by atoms with E-state index in [1.165, 1.54) is 12.1 Å².